The van der Waals surface area contributed by atoms with Crippen LogP contribution in [0, 0.1) is 0 Å². The average molecular weight is 206 g/mol. The van der Waals surface area contributed by atoms with E-state index in [4.69, 9.17) is 4.74 Å². The molecule has 0 amide bonds. The van der Waals surface area contributed by atoms with E-state index < -0.39 is 0 Å². The highest BCUT2D eigenvalue weighted by molar-refractivity contribution is 5.45. The van der Waals surface area contributed by atoms with E-state index in [-0.39, 0.29) is 0 Å². The lowest BCUT2D eigenvalue weighted by atomic mass is 10.3. The molecule has 0 aliphatic heterocycles. The summed E-state index contributed by atoms with van der Waals surface area (Å²) in [6.45, 7) is 5.10. The summed E-state index contributed by atoms with van der Waals surface area (Å²) in [6.07, 6.45) is 4.04. The number of nitrogens with one attached hydrogen (secondary N) is 1. The van der Waals surface area contributed by atoms with Gasteiger partial charge in [-0.15, -0.1) is 0 Å². The van der Waals surface area contributed by atoms with Crippen molar-refractivity contribution in [3.63, 3.8) is 0 Å². The highest BCUT2D eigenvalue weighted by atomic mass is 16.5. The molecule has 0 saturated carbocycles. The van der Waals surface area contributed by atoms with E-state index in [0.717, 1.165) is 12.2 Å². The average Bonchev–Trinajstić information content (AvgIpc) is 2.24. The summed E-state index contributed by atoms with van der Waals surface area (Å²) >= 11 is 0. The van der Waals surface area contributed by atoms with Crippen molar-refractivity contribution in [3.05, 3.63) is 30.0 Å². The topological polar surface area (TPSA) is 34.1 Å². The zero-order chi connectivity index (χ0) is 11.1. The minimum atomic E-state index is 0.507. The Kier molecular flexibility index (Phi) is 4.84. The van der Waals surface area contributed by atoms with Gasteiger partial charge in [-0.1, -0.05) is 26.0 Å². The molecule has 3 heteroatoms. The quantitative estimate of drug-likeness (QED) is 0.801. The summed E-state index contributed by atoms with van der Waals surface area (Å²) < 4.78 is 5.04. The van der Waals surface area contributed by atoms with Crippen molar-refractivity contribution in [2.75, 3.05) is 13.7 Å². The fraction of sp³-hybridized carbons (Fsp3) is 0.417. The second kappa shape index (κ2) is 6.19. The first kappa shape index (κ1) is 11.7. The molecule has 0 aromatic carbocycles. The first-order valence-electron chi connectivity index (χ1n) is 5.13. The minimum Gasteiger partial charge on any atom is -0.481 e. The van der Waals surface area contributed by atoms with Crippen molar-refractivity contribution in [1.29, 1.82) is 0 Å². The molecule has 0 unspecified atom stereocenters. The second-order valence-electron chi connectivity index (χ2n) is 3.57. The van der Waals surface area contributed by atoms with Crippen molar-refractivity contribution >= 4 is 6.08 Å². The van der Waals surface area contributed by atoms with Crippen LogP contribution in [-0.4, -0.2) is 24.7 Å². The van der Waals surface area contributed by atoms with Gasteiger partial charge in [-0.2, -0.15) is 0 Å². The van der Waals surface area contributed by atoms with Gasteiger partial charge >= 0.3 is 0 Å². The van der Waals surface area contributed by atoms with Gasteiger partial charge in [-0.05, 0) is 12.1 Å². The zero-order valence-corrected chi connectivity index (χ0v) is 9.53. The van der Waals surface area contributed by atoms with Gasteiger partial charge < -0.3 is 10.1 Å². The Morgan fingerprint density at radius 1 is 1.47 bits per heavy atom. The molecule has 1 N–H and O–H groups in total. The van der Waals surface area contributed by atoms with Gasteiger partial charge in [0.1, 0.15) is 0 Å². The first-order valence-corrected chi connectivity index (χ1v) is 5.13. The van der Waals surface area contributed by atoms with E-state index >= 15 is 0 Å². The highest BCUT2D eigenvalue weighted by Crippen LogP contribution is 2.07. The number of ether oxygens (including phenoxy) is 1. The largest absolute Gasteiger partial charge is 0.481 e. The maximum atomic E-state index is 5.04. The summed E-state index contributed by atoms with van der Waals surface area (Å²) in [5.41, 5.74) is 0.917. The van der Waals surface area contributed by atoms with Gasteiger partial charge in [-0.3, -0.25) is 0 Å². The van der Waals surface area contributed by atoms with Gasteiger partial charge in [-0.25, -0.2) is 4.98 Å². The molecule has 82 valence electrons. The highest BCUT2D eigenvalue weighted by Gasteiger charge is 1.92. The van der Waals surface area contributed by atoms with E-state index in [9.17, 15) is 0 Å². The van der Waals surface area contributed by atoms with Gasteiger partial charge in [0.05, 0.1) is 12.8 Å². The molecule has 1 heterocycles. The molecule has 0 bridgehead atoms. The Hall–Kier alpha value is -1.35. The minimum absolute atomic E-state index is 0.507. The normalized spacial score (nSPS) is 11.2. The smallest absolute Gasteiger partial charge is 0.213 e. The van der Waals surface area contributed by atoms with E-state index in [1.165, 1.54) is 0 Å². The van der Waals surface area contributed by atoms with Crippen LogP contribution in [0.1, 0.15) is 19.5 Å². The van der Waals surface area contributed by atoms with Gasteiger partial charge in [0, 0.05) is 18.7 Å². The molecule has 0 aliphatic carbocycles. The Balaban J connectivity index is 2.49. The molecule has 15 heavy (non-hydrogen) atoms. The third-order valence-corrected chi connectivity index (χ3v) is 1.89. The number of rotatable bonds is 5. The molecule has 1 aromatic heterocycles. The summed E-state index contributed by atoms with van der Waals surface area (Å²) in [6, 6.07) is 6.23. The Labute approximate surface area is 91.2 Å². The summed E-state index contributed by atoms with van der Waals surface area (Å²) in [4.78, 5) is 4.27. The number of aromatic nitrogens is 1. The molecule has 0 spiro atoms. The van der Waals surface area contributed by atoms with Crippen LogP contribution >= 0.6 is 0 Å². The lowest BCUT2D eigenvalue weighted by molar-refractivity contribution is 0.397. The van der Waals surface area contributed by atoms with Crippen molar-refractivity contribution in [3.8, 4) is 5.88 Å². The molecule has 0 fully saturated rings. The van der Waals surface area contributed by atoms with Crippen LogP contribution in [0.2, 0.25) is 0 Å². The molecular formula is C12H18N2O. The Bertz CT molecular complexity index is 321. The third kappa shape index (κ3) is 4.61. The van der Waals surface area contributed by atoms with Crippen LogP contribution in [0.3, 0.4) is 0 Å². The number of pyridine rings is 1. The van der Waals surface area contributed by atoms with Crippen LogP contribution in [0.25, 0.3) is 6.08 Å². The molecule has 0 saturated heterocycles. The van der Waals surface area contributed by atoms with Gasteiger partial charge in [0.25, 0.3) is 0 Å². The number of methoxy groups -OCH3 is 1. The molecule has 0 aliphatic rings. The predicted molar refractivity (Wildman–Crippen MR) is 63.0 cm³/mol. The number of hydrogen-bond donors (Lipinski definition) is 1. The molecule has 1 rings (SSSR count). The lowest BCUT2D eigenvalue weighted by Crippen LogP contribution is -2.22. The number of hydrogen-bond acceptors (Lipinski definition) is 3. The fourth-order valence-electron chi connectivity index (χ4n) is 1.12. The summed E-state index contributed by atoms with van der Waals surface area (Å²) in [5.74, 6) is 0.647. The molecule has 3 nitrogen and oxygen atoms in total. The van der Waals surface area contributed by atoms with Crippen LogP contribution in [0.5, 0.6) is 5.88 Å². The SMILES string of the molecule is COc1cccc(/C=C/CNC(C)C)n1. The third-order valence-electron chi connectivity index (χ3n) is 1.89. The summed E-state index contributed by atoms with van der Waals surface area (Å²) in [5, 5.41) is 3.30. The first-order chi connectivity index (χ1) is 7.22. The maximum absolute atomic E-state index is 5.04. The Morgan fingerprint density at radius 3 is 2.93 bits per heavy atom. The second-order valence-corrected chi connectivity index (χ2v) is 3.57. The van der Waals surface area contributed by atoms with E-state index in [2.05, 4.69) is 30.2 Å². The summed E-state index contributed by atoms with van der Waals surface area (Å²) in [7, 11) is 1.62. The molecule has 1 aromatic rings. The van der Waals surface area contributed by atoms with Crippen molar-refractivity contribution in [1.82, 2.24) is 10.3 Å². The van der Waals surface area contributed by atoms with Crippen LogP contribution in [-0.2, 0) is 0 Å². The number of nitrogens with zero attached hydrogens (tertiary/aromatic N) is 1. The van der Waals surface area contributed by atoms with Crippen molar-refractivity contribution < 1.29 is 4.74 Å². The van der Waals surface area contributed by atoms with Crippen molar-refractivity contribution in [2.24, 2.45) is 0 Å². The molecular weight excluding hydrogens is 188 g/mol. The Morgan fingerprint density at radius 2 is 2.27 bits per heavy atom. The van der Waals surface area contributed by atoms with E-state index in [1.54, 1.807) is 7.11 Å². The predicted octanol–water partition coefficient (Wildman–Crippen LogP) is 2.10. The monoisotopic (exact) mass is 206 g/mol. The van der Waals surface area contributed by atoms with Crippen LogP contribution < -0.4 is 10.1 Å². The van der Waals surface area contributed by atoms with Gasteiger partial charge in [0.15, 0.2) is 0 Å². The van der Waals surface area contributed by atoms with E-state index in [1.807, 2.05) is 24.3 Å². The zero-order valence-electron chi connectivity index (χ0n) is 9.53. The molecule has 0 atom stereocenters. The molecule has 0 radical (unpaired) electrons. The van der Waals surface area contributed by atoms with E-state index in [0.29, 0.717) is 11.9 Å². The fourth-order valence-corrected chi connectivity index (χ4v) is 1.12. The van der Waals surface area contributed by atoms with Crippen molar-refractivity contribution in [2.45, 2.75) is 19.9 Å². The maximum Gasteiger partial charge on any atom is 0.213 e. The van der Waals surface area contributed by atoms with Gasteiger partial charge in [0.2, 0.25) is 5.88 Å². The lowest BCUT2D eigenvalue weighted by Gasteiger charge is -2.03. The standard InChI is InChI=1S/C12H18N2O/c1-10(2)13-9-5-7-11-6-4-8-12(14-11)15-3/h4-8,10,13H,9H2,1-3H3/b7-5+. The van der Waals surface area contributed by atoms with Crippen LogP contribution in [0.4, 0.5) is 0 Å². The van der Waals surface area contributed by atoms with Crippen LogP contribution in [0.15, 0.2) is 24.3 Å².